The van der Waals surface area contributed by atoms with Crippen LogP contribution in [0.4, 0.5) is 10.8 Å². The van der Waals surface area contributed by atoms with Crippen LogP contribution < -0.4 is 15.4 Å². The van der Waals surface area contributed by atoms with Crippen LogP contribution in [0.25, 0.3) is 0 Å². The molecular formula is C13H16N4O2S2. The molecule has 1 aromatic heterocycles. The fourth-order valence-corrected chi connectivity index (χ4v) is 3.36. The molecule has 1 amide bonds. The second kappa shape index (κ2) is 7.28. The van der Waals surface area contributed by atoms with Crippen LogP contribution in [0.1, 0.15) is 6.92 Å². The molecule has 2 N–H and O–H groups in total. The Morgan fingerprint density at radius 2 is 2.24 bits per heavy atom. The smallest absolute Gasteiger partial charge is 0.237 e. The van der Waals surface area contributed by atoms with Gasteiger partial charge in [-0.25, -0.2) is 0 Å². The van der Waals surface area contributed by atoms with Gasteiger partial charge in [0.2, 0.25) is 11.0 Å². The molecule has 6 nitrogen and oxygen atoms in total. The lowest BCUT2D eigenvalue weighted by Gasteiger charge is -2.11. The number of carbonyl (C=O) groups is 1. The molecule has 1 aromatic carbocycles. The predicted molar refractivity (Wildman–Crippen MR) is 86.4 cm³/mol. The molecule has 0 saturated carbocycles. The third-order valence-corrected chi connectivity index (χ3v) is 4.73. The van der Waals surface area contributed by atoms with E-state index >= 15 is 0 Å². The van der Waals surface area contributed by atoms with Gasteiger partial charge in [0.05, 0.1) is 12.4 Å². The Hall–Kier alpha value is -1.80. The molecule has 112 valence electrons. The normalized spacial score (nSPS) is 11.8. The zero-order chi connectivity index (χ0) is 15.2. The van der Waals surface area contributed by atoms with Gasteiger partial charge in [0.1, 0.15) is 5.75 Å². The number of methoxy groups -OCH3 is 1. The molecule has 1 atom stereocenters. The highest BCUT2D eigenvalue weighted by Gasteiger charge is 2.17. The minimum atomic E-state index is -0.270. The molecule has 0 fully saturated rings. The van der Waals surface area contributed by atoms with E-state index in [0.717, 1.165) is 9.47 Å². The monoisotopic (exact) mass is 324 g/mol. The summed E-state index contributed by atoms with van der Waals surface area (Å²) in [4.78, 5) is 12.2. The van der Waals surface area contributed by atoms with Crippen molar-refractivity contribution in [1.29, 1.82) is 0 Å². The lowest BCUT2D eigenvalue weighted by Crippen LogP contribution is -2.22. The summed E-state index contributed by atoms with van der Waals surface area (Å²) in [5, 5.41) is 14.2. The van der Waals surface area contributed by atoms with Gasteiger partial charge in [0, 0.05) is 18.8 Å². The van der Waals surface area contributed by atoms with Crippen molar-refractivity contribution in [2.75, 3.05) is 24.8 Å². The number of aromatic nitrogens is 2. The Bertz CT molecular complexity index is 618. The maximum absolute atomic E-state index is 12.2. The topological polar surface area (TPSA) is 76.1 Å². The number of benzene rings is 1. The molecule has 0 aliphatic carbocycles. The summed E-state index contributed by atoms with van der Waals surface area (Å²) in [6, 6.07) is 7.26. The Morgan fingerprint density at radius 3 is 2.90 bits per heavy atom. The minimum absolute atomic E-state index is 0.0885. The summed E-state index contributed by atoms with van der Waals surface area (Å²) in [6.07, 6.45) is 0. The fraction of sp³-hybridized carbons (Fsp3) is 0.308. The van der Waals surface area contributed by atoms with Gasteiger partial charge in [0.15, 0.2) is 4.34 Å². The zero-order valence-corrected chi connectivity index (χ0v) is 13.5. The van der Waals surface area contributed by atoms with Crippen LogP contribution in [0.5, 0.6) is 5.75 Å². The average molecular weight is 324 g/mol. The molecule has 0 saturated heterocycles. The van der Waals surface area contributed by atoms with E-state index in [2.05, 4.69) is 20.8 Å². The zero-order valence-electron chi connectivity index (χ0n) is 11.9. The third-order valence-electron chi connectivity index (χ3n) is 2.60. The van der Waals surface area contributed by atoms with Gasteiger partial charge in [0.25, 0.3) is 0 Å². The van der Waals surface area contributed by atoms with Crippen molar-refractivity contribution in [3.8, 4) is 5.75 Å². The number of anilines is 2. The van der Waals surface area contributed by atoms with E-state index in [4.69, 9.17) is 4.74 Å². The van der Waals surface area contributed by atoms with Gasteiger partial charge in [-0.05, 0) is 19.1 Å². The van der Waals surface area contributed by atoms with E-state index in [1.54, 1.807) is 20.2 Å². The van der Waals surface area contributed by atoms with Crippen LogP contribution in [0, 0.1) is 0 Å². The summed E-state index contributed by atoms with van der Waals surface area (Å²) < 4.78 is 5.88. The first kappa shape index (κ1) is 15.6. The summed E-state index contributed by atoms with van der Waals surface area (Å²) in [6.45, 7) is 1.83. The van der Waals surface area contributed by atoms with Crippen molar-refractivity contribution >= 4 is 39.8 Å². The van der Waals surface area contributed by atoms with Crippen molar-refractivity contribution in [2.24, 2.45) is 0 Å². The van der Waals surface area contributed by atoms with E-state index in [-0.39, 0.29) is 11.2 Å². The summed E-state index contributed by atoms with van der Waals surface area (Å²) in [7, 11) is 3.38. The number of nitrogens with one attached hydrogen (secondary N) is 2. The molecule has 0 radical (unpaired) electrons. The molecule has 0 unspecified atom stereocenters. The molecule has 2 aromatic rings. The maximum atomic E-state index is 12.2. The number of thioether (sulfide) groups is 1. The number of amides is 1. The van der Waals surface area contributed by atoms with Crippen molar-refractivity contribution in [1.82, 2.24) is 10.2 Å². The van der Waals surface area contributed by atoms with Crippen LogP contribution in [0.15, 0.2) is 28.6 Å². The Morgan fingerprint density at radius 1 is 1.43 bits per heavy atom. The van der Waals surface area contributed by atoms with Crippen molar-refractivity contribution in [3.63, 3.8) is 0 Å². The minimum Gasteiger partial charge on any atom is -0.497 e. The second-order valence-electron chi connectivity index (χ2n) is 4.10. The first-order valence-corrected chi connectivity index (χ1v) is 7.95. The van der Waals surface area contributed by atoms with E-state index in [0.29, 0.717) is 11.4 Å². The summed E-state index contributed by atoms with van der Waals surface area (Å²) in [5.41, 5.74) is 0.708. The Kier molecular flexibility index (Phi) is 5.40. The van der Waals surface area contributed by atoms with Crippen LogP contribution in [-0.2, 0) is 4.79 Å². The number of hydrogen-bond donors (Lipinski definition) is 2. The molecule has 1 heterocycles. The van der Waals surface area contributed by atoms with Gasteiger partial charge in [-0.1, -0.05) is 29.2 Å². The number of carbonyl (C=O) groups excluding carboxylic acids is 1. The van der Waals surface area contributed by atoms with Crippen LogP contribution in [0.2, 0.25) is 0 Å². The summed E-state index contributed by atoms with van der Waals surface area (Å²) in [5.74, 6) is 0.616. The maximum Gasteiger partial charge on any atom is 0.237 e. The lowest BCUT2D eigenvalue weighted by molar-refractivity contribution is -0.115. The van der Waals surface area contributed by atoms with Crippen LogP contribution in [-0.4, -0.2) is 35.5 Å². The predicted octanol–water partition coefficient (Wildman–Crippen LogP) is 2.71. The molecule has 0 aliphatic rings. The third kappa shape index (κ3) is 4.33. The molecule has 0 spiro atoms. The highest BCUT2D eigenvalue weighted by atomic mass is 32.2. The summed E-state index contributed by atoms with van der Waals surface area (Å²) >= 11 is 2.80. The first-order chi connectivity index (χ1) is 10.1. The van der Waals surface area contributed by atoms with Gasteiger partial charge < -0.3 is 15.4 Å². The largest absolute Gasteiger partial charge is 0.497 e. The van der Waals surface area contributed by atoms with E-state index in [9.17, 15) is 4.79 Å². The molecule has 8 heteroatoms. The molecule has 0 aliphatic heterocycles. The van der Waals surface area contributed by atoms with E-state index in [1.807, 2.05) is 25.1 Å². The van der Waals surface area contributed by atoms with Gasteiger partial charge in [-0.15, -0.1) is 10.2 Å². The highest BCUT2D eigenvalue weighted by molar-refractivity contribution is 8.02. The van der Waals surface area contributed by atoms with E-state index in [1.165, 1.54) is 23.1 Å². The number of hydrogen-bond acceptors (Lipinski definition) is 7. The Balaban J connectivity index is 1.95. The number of rotatable bonds is 6. The SMILES string of the molecule is CNc1nnc(S[C@@H](C)C(=O)Nc2cccc(OC)c2)s1. The number of nitrogens with zero attached hydrogens (tertiary/aromatic N) is 2. The number of ether oxygens (including phenoxy) is 1. The Labute approximate surface area is 131 Å². The van der Waals surface area contributed by atoms with Crippen molar-refractivity contribution in [2.45, 2.75) is 16.5 Å². The standard InChI is InChI=1S/C13H16N4O2S2/c1-8(20-13-17-16-12(14-2)21-13)11(18)15-9-5-4-6-10(7-9)19-3/h4-8H,1-3H3,(H,14,16)(H,15,18)/t8-/m0/s1. The molecule has 21 heavy (non-hydrogen) atoms. The van der Waals surface area contributed by atoms with Gasteiger partial charge in [-0.3, -0.25) is 4.79 Å². The molecular weight excluding hydrogens is 308 g/mol. The van der Waals surface area contributed by atoms with E-state index < -0.39 is 0 Å². The van der Waals surface area contributed by atoms with Gasteiger partial charge >= 0.3 is 0 Å². The van der Waals surface area contributed by atoms with Crippen molar-refractivity contribution in [3.05, 3.63) is 24.3 Å². The first-order valence-electron chi connectivity index (χ1n) is 6.25. The fourth-order valence-electron chi connectivity index (χ4n) is 1.51. The van der Waals surface area contributed by atoms with Gasteiger partial charge in [-0.2, -0.15) is 0 Å². The lowest BCUT2D eigenvalue weighted by atomic mass is 10.3. The molecule has 2 rings (SSSR count). The van der Waals surface area contributed by atoms with Crippen LogP contribution in [0.3, 0.4) is 0 Å². The second-order valence-corrected chi connectivity index (χ2v) is 6.67. The quantitative estimate of drug-likeness (QED) is 0.796. The average Bonchev–Trinajstić information content (AvgIpc) is 2.95. The highest BCUT2D eigenvalue weighted by Crippen LogP contribution is 2.29. The molecule has 0 bridgehead atoms. The van der Waals surface area contributed by atoms with Crippen molar-refractivity contribution < 1.29 is 9.53 Å². The van der Waals surface area contributed by atoms with Crippen LogP contribution >= 0.6 is 23.1 Å².